The molecule has 5 nitrogen and oxygen atoms in total. The van der Waals surface area contributed by atoms with Crippen molar-refractivity contribution >= 4 is 9.84 Å². The lowest BCUT2D eigenvalue weighted by Gasteiger charge is -2.13. The van der Waals surface area contributed by atoms with Gasteiger partial charge in [-0.2, -0.15) is 0 Å². The number of aliphatic hydroxyl groups is 1. The van der Waals surface area contributed by atoms with Crippen LogP contribution in [0.15, 0.2) is 29.2 Å². The molecule has 0 fully saturated rings. The standard InChI is InChI=1S/C15H25NO4S/c1-12(2)10-20-11-14(17)9-16-8-13-4-6-15(7-5-13)21(3,18)19/h4-7,12,14,16-17H,8-11H2,1-3H3. The van der Waals surface area contributed by atoms with E-state index < -0.39 is 15.9 Å². The Kier molecular flexibility index (Phi) is 7.31. The fourth-order valence-electron chi connectivity index (χ4n) is 1.74. The molecule has 0 radical (unpaired) electrons. The van der Waals surface area contributed by atoms with Crippen molar-refractivity contribution in [1.29, 1.82) is 0 Å². The van der Waals surface area contributed by atoms with Crippen molar-refractivity contribution in [2.24, 2.45) is 5.92 Å². The molecule has 0 spiro atoms. The van der Waals surface area contributed by atoms with Crippen molar-refractivity contribution in [3.8, 4) is 0 Å². The van der Waals surface area contributed by atoms with Gasteiger partial charge in [-0.25, -0.2) is 8.42 Å². The van der Waals surface area contributed by atoms with Gasteiger partial charge in [0.1, 0.15) is 0 Å². The smallest absolute Gasteiger partial charge is 0.175 e. The first-order valence-electron chi connectivity index (χ1n) is 7.04. The fourth-order valence-corrected chi connectivity index (χ4v) is 2.37. The van der Waals surface area contributed by atoms with Crippen molar-refractivity contribution < 1.29 is 18.3 Å². The number of benzene rings is 1. The van der Waals surface area contributed by atoms with Gasteiger partial charge in [-0.3, -0.25) is 0 Å². The number of ether oxygens (including phenoxy) is 1. The minimum absolute atomic E-state index is 0.313. The molecule has 21 heavy (non-hydrogen) atoms. The molecule has 1 aromatic rings. The largest absolute Gasteiger partial charge is 0.389 e. The molecule has 120 valence electrons. The Morgan fingerprint density at radius 1 is 1.19 bits per heavy atom. The summed E-state index contributed by atoms with van der Waals surface area (Å²) in [6.45, 7) is 6.09. The minimum atomic E-state index is -3.15. The van der Waals surface area contributed by atoms with Gasteiger partial charge in [0.15, 0.2) is 9.84 Å². The maximum absolute atomic E-state index is 11.3. The Morgan fingerprint density at radius 3 is 2.33 bits per heavy atom. The van der Waals surface area contributed by atoms with Crippen LogP contribution in [0.25, 0.3) is 0 Å². The molecule has 1 atom stereocenters. The Morgan fingerprint density at radius 2 is 1.81 bits per heavy atom. The van der Waals surface area contributed by atoms with E-state index in [1.807, 2.05) is 0 Å². The Labute approximate surface area is 127 Å². The molecule has 1 unspecified atom stereocenters. The second kappa shape index (κ2) is 8.48. The quantitative estimate of drug-likeness (QED) is 0.716. The van der Waals surface area contributed by atoms with Crippen LogP contribution in [0, 0.1) is 5.92 Å². The van der Waals surface area contributed by atoms with Crippen molar-refractivity contribution in [2.75, 3.05) is 26.0 Å². The van der Waals surface area contributed by atoms with Crippen LogP contribution in [0.3, 0.4) is 0 Å². The predicted molar refractivity (Wildman–Crippen MR) is 82.9 cm³/mol. The van der Waals surface area contributed by atoms with E-state index in [0.29, 0.717) is 37.1 Å². The summed E-state index contributed by atoms with van der Waals surface area (Å²) < 4.78 is 28.0. The monoisotopic (exact) mass is 315 g/mol. The van der Waals surface area contributed by atoms with Gasteiger partial charge in [-0.15, -0.1) is 0 Å². The zero-order valence-corrected chi connectivity index (χ0v) is 13.7. The maximum Gasteiger partial charge on any atom is 0.175 e. The van der Waals surface area contributed by atoms with Gasteiger partial charge in [0.2, 0.25) is 0 Å². The summed E-state index contributed by atoms with van der Waals surface area (Å²) in [6, 6.07) is 6.72. The third-order valence-electron chi connectivity index (χ3n) is 2.82. The van der Waals surface area contributed by atoms with Crippen LogP contribution in [-0.4, -0.2) is 45.6 Å². The molecule has 1 rings (SSSR count). The molecule has 2 N–H and O–H groups in total. The summed E-state index contributed by atoms with van der Waals surface area (Å²) in [5.41, 5.74) is 0.970. The van der Waals surface area contributed by atoms with E-state index in [9.17, 15) is 13.5 Å². The van der Waals surface area contributed by atoms with Crippen LogP contribution >= 0.6 is 0 Å². The van der Waals surface area contributed by atoms with E-state index in [0.717, 1.165) is 5.56 Å². The topological polar surface area (TPSA) is 75.6 Å². The number of sulfone groups is 1. The normalized spacial score (nSPS) is 13.6. The van der Waals surface area contributed by atoms with Crippen LogP contribution in [0.2, 0.25) is 0 Å². The average molecular weight is 315 g/mol. The molecule has 0 bridgehead atoms. The molecular formula is C15H25NO4S. The van der Waals surface area contributed by atoms with Crippen molar-refractivity contribution in [1.82, 2.24) is 5.32 Å². The van der Waals surface area contributed by atoms with Gasteiger partial charge in [0.25, 0.3) is 0 Å². The number of nitrogens with one attached hydrogen (secondary N) is 1. The Balaban J connectivity index is 2.29. The maximum atomic E-state index is 11.3. The van der Waals surface area contributed by atoms with Gasteiger partial charge in [-0.1, -0.05) is 26.0 Å². The van der Waals surface area contributed by atoms with Crippen LogP contribution in [0.4, 0.5) is 0 Å². The van der Waals surface area contributed by atoms with Crippen molar-refractivity contribution in [2.45, 2.75) is 31.4 Å². The highest BCUT2D eigenvalue weighted by atomic mass is 32.2. The first-order chi connectivity index (χ1) is 9.79. The zero-order chi connectivity index (χ0) is 15.9. The zero-order valence-electron chi connectivity index (χ0n) is 12.9. The first-order valence-corrected chi connectivity index (χ1v) is 8.93. The summed E-state index contributed by atoms with van der Waals surface area (Å²) in [6.07, 6.45) is 0.646. The SMILES string of the molecule is CC(C)COCC(O)CNCc1ccc(S(C)(=O)=O)cc1. The molecule has 0 aliphatic rings. The molecule has 0 saturated carbocycles. The molecule has 0 aliphatic carbocycles. The predicted octanol–water partition coefficient (Wildman–Crippen LogP) is 1.21. The van der Waals surface area contributed by atoms with E-state index in [4.69, 9.17) is 4.74 Å². The van der Waals surface area contributed by atoms with Crippen LogP contribution in [0.5, 0.6) is 0 Å². The summed E-state index contributed by atoms with van der Waals surface area (Å²) >= 11 is 0. The third kappa shape index (κ3) is 7.57. The summed E-state index contributed by atoms with van der Waals surface area (Å²) in [5, 5.41) is 12.8. The number of hydrogen-bond donors (Lipinski definition) is 2. The molecule has 0 saturated heterocycles. The minimum Gasteiger partial charge on any atom is -0.389 e. The lowest BCUT2D eigenvalue weighted by atomic mass is 10.2. The van der Waals surface area contributed by atoms with Gasteiger partial charge < -0.3 is 15.2 Å². The van der Waals surface area contributed by atoms with E-state index in [-0.39, 0.29) is 0 Å². The van der Waals surface area contributed by atoms with E-state index in [1.54, 1.807) is 24.3 Å². The molecule has 0 aromatic heterocycles. The lowest BCUT2D eigenvalue weighted by Crippen LogP contribution is -2.30. The molecule has 6 heteroatoms. The fraction of sp³-hybridized carbons (Fsp3) is 0.600. The van der Waals surface area contributed by atoms with Gasteiger partial charge >= 0.3 is 0 Å². The molecule has 0 heterocycles. The average Bonchev–Trinajstić information content (AvgIpc) is 2.38. The van der Waals surface area contributed by atoms with Crippen LogP contribution in [0.1, 0.15) is 19.4 Å². The number of aliphatic hydroxyl groups excluding tert-OH is 1. The van der Waals surface area contributed by atoms with E-state index in [2.05, 4.69) is 19.2 Å². The second-order valence-electron chi connectivity index (χ2n) is 5.63. The lowest BCUT2D eigenvalue weighted by molar-refractivity contribution is 0.0260. The molecular weight excluding hydrogens is 290 g/mol. The third-order valence-corrected chi connectivity index (χ3v) is 3.95. The van der Waals surface area contributed by atoms with Gasteiger partial charge in [-0.05, 0) is 23.6 Å². The first kappa shape index (κ1) is 18.1. The summed E-state index contributed by atoms with van der Waals surface area (Å²) in [4.78, 5) is 0.313. The highest BCUT2D eigenvalue weighted by Crippen LogP contribution is 2.10. The molecule has 0 amide bonds. The number of rotatable bonds is 9. The summed E-state index contributed by atoms with van der Waals surface area (Å²) in [7, 11) is -3.15. The Hall–Kier alpha value is -0.950. The van der Waals surface area contributed by atoms with E-state index in [1.165, 1.54) is 6.26 Å². The summed E-state index contributed by atoms with van der Waals surface area (Å²) in [5.74, 6) is 0.457. The van der Waals surface area contributed by atoms with Crippen molar-refractivity contribution in [3.63, 3.8) is 0 Å². The van der Waals surface area contributed by atoms with Crippen LogP contribution < -0.4 is 5.32 Å². The number of hydrogen-bond acceptors (Lipinski definition) is 5. The van der Waals surface area contributed by atoms with Gasteiger partial charge in [0.05, 0.1) is 17.6 Å². The Bertz CT molecular complexity index is 511. The van der Waals surface area contributed by atoms with Gasteiger partial charge in [0, 0.05) is 26.0 Å². The highest BCUT2D eigenvalue weighted by Gasteiger charge is 2.07. The highest BCUT2D eigenvalue weighted by molar-refractivity contribution is 7.90. The molecule has 0 aliphatic heterocycles. The second-order valence-corrected chi connectivity index (χ2v) is 7.65. The molecule has 1 aromatic carbocycles. The van der Waals surface area contributed by atoms with E-state index >= 15 is 0 Å². The van der Waals surface area contributed by atoms with Crippen molar-refractivity contribution in [3.05, 3.63) is 29.8 Å². The van der Waals surface area contributed by atoms with Crippen LogP contribution in [-0.2, 0) is 21.1 Å².